The van der Waals surface area contributed by atoms with E-state index in [0.717, 1.165) is 0 Å². The summed E-state index contributed by atoms with van der Waals surface area (Å²) in [5.74, 6) is 0.889. The van der Waals surface area contributed by atoms with Crippen molar-refractivity contribution in [3.8, 4) is 0 Å². The van der Waals surface area contributed by atoms with E-state index in [-0.39, 0.29) is 18.1 Å². The van der Waals surface area contributed by atoms with E-state index < -0.39 is 18.3 Å². The molecule has 0 rings (SSSR count). The summed E-state index contributed by atoms with van der Waals surface area (Å²) in [5.41, 5.74) is 0. The lowest BCUT2D eigenvalue weighted by molar-refractivity contribution is 0.0504. The summed E-state index contributed by atoms with van der Waals surface area (Å²) in [6.07, 6.45) is -2.13. The van der Waals surface area contributed by atoms with Gasteiger partial charge in [-0.15, -0.1) is 0 Å². The van der Waals surface area contributed by atoms with Gasteiger partial charge < -0.3 is 20.4 Å². The van der Waals surface area contributed by atoms with Gasteiger partial charge in [-0.25, -0.2) is 0 Å². The number of thiol groups is 3. The molecular weight excluding hydrogens is 244 g/mol. The Hall–Kier alpha value is 0.890. The molecule has 3 atom stereocenters. The highest BCUT2D eigenvalue weighted by Gasteiger charge is 2.10. The maximum Gasteiger partial charge on any atom is 0.0894 e. The van der Waals surface area contributed by atoms with Crippen LogP contribution in [0.1, 0.15) is 0 Å². The summed E-state index contributed by atoms with van der Waals surface area (Å²) in [4.78, 5) is 0. The molecule has 0 saturated heterocycles. The molecule has 7 heteroatoms. The van der Waals surface area contributed by atoms with Gasteiger partial charge >= 0.3 is 0 Å². The highest BCUT2D eigenvalue weighted by Crippen LogP contribution is 1.96. The van der Waals surface area contributed by atoms with Crippen molar-refractivity contribution in [1.82, 2.24) is 0 Å². The third-order valence-corrected chi connectivity index (χ3v) is 2.41. The van der Waals surface area contributed by atoms with Gasteiger partial charge in [-0.1, -0.05) is 0 Å². The van der Waals surface area contributed by atoms with Crippen molar-refractivity contribution in [2.45, 2.75) is 18.3 Å². The Labute approximate surface area is 101 Å². The Kier molecular flexibility index (Phi) is 14.8. The van der Waals surface area contributed by atoms with Crippen molar-refractivity contribution in [3.63, 3.8) is 0 Å². The molecule has 4 nitrogen and oxygen atoms in total. The molecule has 0 aromatic heterocycles. The van der Waals surface area contributed by atoms with Gasteiger partial charge in [0.15, 0.2) is 0 Å². The molecule has 0 fully saturated rings. The van der Waals surface area contributed by atoms with Gasteiger partial charge in [0, 0.05) is 17.3 Å². The first-order chi connectivity index (χ1) is 6.53. The Morgan fingerprint density at radius 3 is 1.21 bits per heavy atom. The molecule has 0 heterocycles. The Balaban J connectivity index is 0. The average Bonchev–Trinajstić information content (AvgIpc) is 2.26. The van der Waals surface area contributed by atoms with E-state index >= 15 is 0 Å². The van der Waals surface area contributed by atoms with Crippen molar-refractivity contribution >= 4 is 37.9 Å². The van der Waals surface area contributed by atoms with Crippen LogP contribution in [0.5, 0.6) is 0 Å². The van der Waals surface area contributed by atoms with Crippen LogP contribution in [-0.2, 0) is 0 Å². The van der Waals surface area contributed by atoms with Gasteiger partial charge in [0.1, 0.15) is 0 Å². The van der Waals surface area contributed by atoms with Crippen molar-refractivity contribution in [2.24, 2.45) is 0 Å². The lowest BCUT2D eigenvalue weighted by Gasteiger charge is -2.11. The topological polar surface area (TPSA) is 80.9 Å². The number of aliphatic hydroxyl groups excluding tert-OH is 4. The quantitative estimate of drug-likeness (QED) is 0.319. The summed E-state index contributed by atoms with van der Waals surface area (Å²) in [7, 11) is 0. The maximum atomic E-state index is 8.75. The Morgan fingerprint density at radius 1 is 0.786 bits per heavy atom. The molecule has 0 aliphatic carbocycles. The molecule has 14 heavy (non-hydrogen) atoms. The van der Waals surface area contributed by atoms with Gasteiger partial charge in [0.2, 0.25) is 0 Å². The molecule has 0 aliphatic heterocycles. The Bertz CT molecular complexity index is 105. The van der Waals surface area contributed by atoms with Gasteiger partial charge in [0.25, 0.3) is 0 Å². The normalized spacial score (nSPS) is 16.5. The fraction of sp³-hybridized carbons (Fsp3) is 1.00. The van der Waals surface area contributed by atoms with E-state index in [1.807, 2.05) is 0 Å². The SMILES string of the molecule is OCC(O)CS.O[C@@H](CS)[C@@H](O)CS. The smallest absolute Gasteiger partial charge is 0.0894 e. The second kappa shape index (κ2) is 12.0. The van der Waals surface area contributed by atoms with Gasteiger partial charge in [0.05, 0.1) is 24.9 Å². The summed E-state index contributed by atoms with van der Waals surface area (Å²) < 4.78 is 0. The molecule has 88 valence electrons. The molecule has 0 aromatic carbocycles. The van der Waals surface area contributed by atoms with Gasteiger partial charge in [-0.2, -0.15) is 37.9 Å². The minimum atomic E-state index is -0.740. The molecule has 0 saturated carbocycles. The van der Waals surface area contributed by atoms with Crippen LogP contribution in [0.15, 0.2) is 0 Å². The van der Waals surface area contributed by atoms with Crippen LogP contribution in [-0.4, -0.2) is 62.6 Å². The first-order valence-electron chi connectivity index (χ1n) is 4.01. The molecule has 0 aliphatic rings. The van der Waals surface area contributed by atoms with Crippen LogP contribution in [0, 0.1) is 0 Å². The predicted molar refractivity (Wildman–Crippen MR) is 66.7 cm³/mol. The summed E-state index contributed by atoms with van der Waals surface area (Å²) in [6, 6.07) is 0. The van der Waals surface area contributed by atoms with Crippen LogP contribution in [0.4, 0.5) is 0 Å². The number of hydrogen-bond donors (Lipinski definition) is 7. The first kappa shape index (κ1) is 17.3. The first-order valence-corrected chi connectivity index (χ1v) is 5.90. The molecule has 0 amide bonds. The number of aliphatic hydroxyl groups is 4. The minimum Gasteiger partial charge on any atom is -0.394 e. The summed E-state index contributed by atoms with van der Waals surface area (Å²) in [5, 5.41) is 33.9. The fourth-order valence-electron chi connectivity index (χ4n) is 0.301. The molecule has 4 N–H and O–H groups in total. The van der Waals surface area contributed by atoms with Crippen LogP contribution >= 0.6 is 37.9 Å². The van der Waals surface area contributed by atoms with Crippen molar-refractivity contribution in [2.75, 3.05) is 23.9 Å². The Morgan fingerprint density at radius 2 is 1.14 bits per heavy atom. The van der Waals surface area contributed by atoms with E-state index in [4.69, 9.17) is 20.4 Å². The van der Waals surface area contributed by atoms with Crippen molar-refractivity contribution in [1.29, 1.82) is 0 Å². The van der Waals surface area contributed by atoms with Crippen LogP contribution in [0.25, 0.3) is 0 Å². The monoisotopic (exact) mass is 262 g/mol. The third kappa shape index (κ3) is 11.0. The van der Waals surface area contributed by atoms with E-state index in [2.05, 4.69) is 37.9 Å². The average molecular weight is 262 g/mol. The standard InChI is InChI=1S/C4H10O2S2.C3H8O2S/c5-3(1-7)4(6)2-8;4-1-3(5)2-6/h3-8H,1-2H2;3-6H,1-2H2/t3-,4-;/m0./s1. The van der Waals surface area contributed by atoms with Gasteiger partial charge in [-0.05, 0) is 0 Å². The van der Waals surface area contributed by atoms with Gasteiger partial charge in [-0.3, -0.25) is 0 Å². The van der Waals surface area contributed by atoms with E-state index in [9.17, 15) is 0 Å². The van der Waals surface area contributed by atoms with Crippen LogP contribution in [0.2, 0.25) is 0 Å². The second-order valence-corrected chi connectivity index (χ2v) is 3.61. The van der Waals surface area contributed by atoms with Crippen LogP contribution < -0.4 is 0 Å². The third-order valence-electron chi connectivity index (χ3n) is 1.24. The zero-order chi connectivity index (χ0) is 11.6. The molecule has 0 bridgehead atoms. The molecule has 0 aromatic rings. The highest BCUT2D eigenvalue weighted by atomic mass is 32.1. The molecule has 0 spiro atoms. The second-order valence-electron chi connectivity index (χ2n) is 2.52. The number of rotatable bonds is 5. The zero-order valence-corrected chi connectivity index (χ0v) is 10.4. The lowest BCUT2D eigenvalue weighted by Crippen LogP contribution is -2.28. The minimum absolute atomic E-state index is 0.191. The fourth-order valence-corrected chi connectivity index (χ4v) is 0.903. The summed E-state index contributed by atoms with van der Waals surface area (Å²) in [6.45, 7) is -0.191. The maximum absolute atomic E-state index is 8.75. The zero-order valence-electron chi connectivity index (χ0n) is 7.69. The van der Waals surface area contributed by atoms with Crippen molar-refractivity contribution in [3.05, 3.63) is 0 Å². The van der Waals surface area contributed by atoms with E-state index in [1.54, 1.807) is 0 Å². The van der Waals surface area contributed by atoms with E-state index in [1.165, 1.54) is 0 Å². The summed E-state index contributed by atoms with van der Waals surface area (Å²) >= 11 is 11.2. The number of hydrogen-bond acceptors (Lipinski definition) is 7. The van der Waals surface area contributed by atoms with E-state index in [0.29, 0.717) is 5.75 Å². The van der Waals surface area contributed by atoms with Crippen LogP contribution in [0.3, 0.4) is 0 Å². The highest BCUT2D eigenvalue weighted by molar-refractivity contribution is 7.80. The molecular formula is C7H18O4S3. The largest absolute Gasteiger partial charge is 0.394 e. The molecule has 1 unspecified atom stereocenters. The lowest BCUT2D eigenvalue weighted by atomic mass is 10.3. The van der Waals surface area contributed by atoms with Crippen molar-refractivity contribution < 1.29 is 20.4 Å². The molecule has 0 radical (unpaired) electrons. The predicted octanol–water partition coefficient (Wildman–Crippen LogP) is -1.16.